The summed E-state index contributed by atoms with van der Waals surface area (Å²) in [6.07, 6.45) is -0.458. The van der Waals surface area contributed by atoms with Crippen LogP contribution in [0, 0.1) is 5.82 Å². The molecule has 0 aliphatic carbocycles. The van der Waals surface area contributed by atoms with Gasteiger partial charge in [0.25, 0.3) is 5.91 Å². The number of carboxylic acid groups (broad SMARTS) is 1. The smallest absolute Gasteiger partial charge is 0.341 e. The Morgan fingerprint density at radius 1 is 1.00 bits per heavy atom. The zero-order valence-electron chi connectivity index (χ0n) is 18.8. The van der Waals surface area contributed by atoms with Crippen LogP contribution in [0.25, 0.3) is 0 Å². The lowest BCUT2D eigenvalue weighted by atomic mass is 9.93. The molecule has 34 heavy (non-hydrogen) atoms. The lowest BCUT2D eigenvalue weighted by Gasteiger charge is -2.19. The molecule has 1 atom stereocenters. The number of carbonyl (C=O) groups is 2. The van der Waals surface area contributed by atoms with E-state index in [0.717, 1.165) is 0 Å². The van der Waals surface area contributed by atoms with Gasteiger partial charge in [-0.25, -0.2) is 13.6 Å². The van der Waals surface area contributed by atoms with Crippen LogP contribution in [0.1, 0.15) is 34.8 Å². The summed E-state index contributed by atoms with van der Waals surface area (Å²) >= 11 is 0. The van der Waals surface area contributed by atoms with Gasteiger partial charge in [0.05, 0.1) is 7.11 Å². The molecule has 6 nitrogen and oxygen atoms in total. The monoisotopic (exact) mass is 469 g/mol. The molecule has 178 valence electrons. The van der Waals surface area contributed by atoms with Gasteiger partial charge in [0.1, 0.15) is 23.1 Å². The highest BCUT2D eigenvalue weighted by Gasteiger charge is 2.36. The van der Waals surface area contributed by atoms with E-state index in [-0.39, 0.29) is 31.1 Å². The molecular weight excluding hydrogens is 444 g/mol. The van der Waals surface area contributed by atoms with Gasteiger partial charge in [-0.2, -0.15) is 0 Å². The summed E-state index contributed by atoms with van der Waals surface area (Å²) < 4.78 is 38.6. The number of hydrogen-bond donors (Lipinski definition) is 2. The van der Waals surface area contributed by atoms with Crippen LogP contribution in [0.4, 0.5) is 8.78 Å². The van der Waals surface area contributed by atoms with Gasteiger partial charge in [-0.1, -0.05) is 19.1 Å². The third-order valence-corrected chi connectivity index (χ3v) is 5.38. The number of alkyl halides is 1. The van der Waals surface area contributed by atoms with Crippen molar-refractivity contribution in [2.45, 2.75) is 32.0 Å². The van der Waals surface area contributed by atoms with Crippen LogP contribution in [0.2, 0.25) is 0 Å². The first-order valence-corrected chi connectivity index (χ1v) is 10.6. The second-order valence-corrected chi connectivity index (χ2v) is 7.71. The third kappa shape index (κ3) is 6.10. The molecule has 3 rings (SSSR count). The van der Waals surface area contributed by atoms with E-state index in [9.17, 15) is 23.5 Å². The van der Waals surface area contributed by atoms with E-state index in [4.69, 9.17) is 9.47 Å². The minimum absolute atomic E-state index is 0.0994. The summed E-state index contributed by atoms with van der Waals surface area (Å²) in [6, 6.07) is 16.9. The molecule has 0 aromatic heterocycles. The molecule has 8 heteroatoms. The van der Waals surface area contributed by atoms with Crippen LogP contribution >= 0.6 is 0 Å². The first kappa shape index (κ1) is 24.7. The molecule has 0 fully saturated rings. The van der Waals surface area contributed by atoms with Gasteiger partial charge in [0.2, 0.25) is 5.67 Å². The number of ether oxygens (including phenoxy) is 2. The Morgan fingerprint density at radius 3 is 2.18 bits per heavy atom. The minimum atomic E-state index is -2.37. The number of nitrogens with one attached hydrogen (secondary N) is 1. The summed E-state index contributed by atoms with van der Waals surface area (Å²) in [5.41, 5.74) is -0.902. The molecule has 0 saturated carbocycles. The average molecular weight is 469 g/mol. The Balaban J connectivity index is 1.66. The Morgan fingerprint density at radius 2 is 1.62 bits per heavy atom. The van der Waals surface area contributed by atoms with Crippen molar-refractivity contribution >= 4 is 11.9 Å². The van der Waals surface area contributed by atoms with Gasteiger partial charge in [0, 0.05) is 24.1 Å². The van der Waals surface area contributed by atoms with Crippen molar-refractivity contribution < 1.29 is 33.0 Å². The van der Waals surface area contributed by atoms with Crippen molar-refractivity contribution in [1.29, 1.82) is 0 Å². The molecule has 0 saturated heterocycles. The maximum Gasteiger partial charge on any atom is 0.341 e. The number of aliphatic carboxylic acids is 1. The number of amides is 1. The second-order valence-electron chi connectivity index (χ2n) is 7.71. The zero-order valence-corrected chi connectivity index (χ0v) is 18.8. The Bertz CT molecular complexity index is 1150. The highest BCUT2D eigenvalue weighted by molar-refractivity contribution is 5.94. The number of benzene rings is 3. The van der Waals surface area contributed by atoms with Gasteiger partial charge in [-0.3, -0.25) is 4.79 Å². The van der Waals surface area contributed by atoms with Gasteiger partial charge < -0.3 is 19.9 Å². The first-order chi connectivity index (χ1) is 16.2. The molecule has 2 N–H and O–H groups in total. The molecule has 1 amide bonds. The molecule has 3 aromatic rings. The normalized spacial score (nSPS) is 12.5. The van der Waals surface area contributed by atoms with Crippen molar-refractivity contribution in [2.24, 2.45) is 0 Å². The predicted molar refractivity (Wildman–Crippen MR) is 123 cm³/mol. The van der Waals surface area contributed by atoms with Crippen LogP contribution < -0.4 is 14.8 Å². The van der Waals surface area contributed by atoms with Crippen LogP contribution in [0.15, 0.2) is 66.7 Å². The fraction of sp³-hybridized carbons (Fsp3) is 0.231. The molecule has 0 aliphatic heterocycles. The van der Waals surface area contributed by atoms with E-state index in [1.807, 2.05) is 0 Å². The number of carboxylic acids is 1. The van der Waals surface area contributed by atoms with E-state index in [0.29, 0.717) is 33.9 Å². The zero-order chi connectivity index (χ0) is 24.7. The molecule has 0 unspecified atom stereocenters. The standard InChI is InChI=1S/C26H25F2NO5/c1-3-26(28,25(31)32)15-17-4-13-23(33-2)19(14-17)16-29-24(30)18-5-9-21(10-6-18)34-22-11-7-20(27)8-12-22/h4-14H,3,15-16H2,1-2H3,(H,29,30)(H,31,32)/t26-/m0/s1. The fourth-order valence-electron chi connectivity index (χ4n) is 3.35. The molecule has 0 spiro atoms. The summed E-state index contributed by atoms with van der Waals surface area (Å²) in [5, 5.41) is 12.0. The van der Waals surface area contributed by atoms with Crippen molar-refractivity contribution in [3.05, 3.63) is 89.2 Å². The van der Waals surface area contributed by atoms with Gasteiger partial charge in [0.15, 0.2) is 0 Å². The Labute approximate surface area is 196 Å². The van der Waals surface area contributed by atoms with Crippen molar-refractivity contribution in [2.75, 3.05) is 7.11 Å². The first-order valence-electron chi connectivity index (χ1n) is 10.6. The van der Waals surface area contributed by atoms with Crippen LogP contribution in [-0.4, -0.2) is 29.8 Å². The van der Waals surface area contributed by atoms with E-state index in [1.165, 1.54) is 38.3 Å². The minimum Gasteiger partial charge on any atom is -0.496 e. The highest BCUT2D eigenvalue weighted by Crippen LogP contribution is 2.27. The quantitative estimate of drug-likeness (QED) is 0.421. The molecule has 0 radical (unpaired) electrons. The number of hydrogen-bond acceptors (Lipinski definition) is 4. The second kappa shape index (κ2) is 10.8. The van der Waals surface area contributed by atoms with Gasteiger partial charge in [-0.05, 0) is 66.6 Å². The predicted octanol–water partition coefficient (Wildman–Crippen LogP) is 5.30. The van der Waals surface area contributed by atoms with E-state index < -0.39 is 11.6 Å². The molecule has 0 aliphatic rings. The van der Waals surface area contributed by atoms with Crippen molar-refractivity contribution in [3.63, 3.8) is 0 Å². The maximum atomic E-state index is 14.6. The molecule has 0 heterocycles. The van der Waals surface area contributed by atoms with E-state index in [1.54, 1.807) is 42.5 Å². The SMILES string of the molecule is CC[C@](F)(Cc1ccc(OC)c(CNC(=O)c2ccc(Oc3ccc(F)cc3)cc2)c1)C(=O)O. The number of methoxy groups -OCH3 is 1. The average Bonchev–Trinajstić information content (AvgIpc) is 2.84. The van der Waals surface area contributed by atoms with Crippen molar-refractivity contribution in [3.8, 4) is 17.2 Å². The van der Waals surface area contributed by atoms with E-state index >= 15 is 0 Å². The van der Waals surface area contributed by atoms with E-state index in [2.05, 4.69) is 5.32 Å². The van der Waals surface area contributed by atoms with Crippen LogP contribution in [0.3, 0.4) is 0 Å². The summed E-state index contributed by atoms with van der Waals surface area (Å²) in [5.74, 6) is -0.774. The van der Waals surface area contributed by atoms with Gasteiger partial charge >= 0.3 is 5.97 Å². The van der Waals surface area contributed by atoms with Gasteiger partial charge in [-0.15, -0.1) is 0 Å². The maximum absolute atomic E-state index is 14.6. The molecular formula is C26H25F2NO5. The van der Waals surface area contributed by atoms with Crippen molar-refractivity contribution in [1.82, 2.24) is 5.32 Å². The summed E-state index contributed by atoms with van der Waals surface area (Å²) in [4.78, 5) is 23.9. The fourth-order valence-corrected chi connectivity index (χ4v) is 3.35. The Hall–Kier alpha value is -3.94. The topological polar surface area (TPSA) is 84.9 Å². The molecule has 3 aromatic carbocycles. The van der Waals surface area contributed by atoms with Crippen LogP contribution in [-0.2, 0) is 17.8 Å². The largest absolute Gasteiger partial charge is 0.496 e. The lowest BCUT2D eigenvalue weighted by molar-refractivity contribution is -0.151. The number of halogens is 2. The van der Waals surface area contributed by atoms with Crippen LogP contribution in [0.5, 0.6) is 17.2 Å². The Kier molecular flexibility index (Phi) is 7.83. The third-order valence-electron chi connectivity index (χ3n) is 5.38. The number of rotatable bonds is 10. The molecule has 0 bridgehead atoms. The summed E-state index contributed by atoms with van der Waals surface area (Å²) in [7, 11) is 1.48. The lowest BCUT2D eigenvalue weighted by Crippen LogP contribution is -2.35. The summed E-state index contributed by atoms with van der Waals surface area (Å²) in [6.45, 7) is 1.58. The highest BCUT2D eigenvalue weighted by atomic mass is 19.1. The number of carbonyl (C=O) groups excluding carboxylic acids is 1.